The van der Waals surface area contributed by atoms with Gasteiger partial charge in [0.05, 0.1) is 11.4 Å². The van der Waals surface area contributed by atoms with Crippen LogP contribution in [-0.2, 0) is 0 Å². The van der Waals surface area contributed by atoms with E-state index in [2.05, 4.69) is 47.2 Å². The fraction of sp³-hybridized carbons (Fsp3) is 0.0800. The normalized spacial score (nSPS) is 10.8. The predicted octanol–water partition coefficient (Wildman–Crippen LogP) is 6.20. The standard InChI is InChI=1S/C25H21NOS/c1-18-24(27)17-23(19-9-5-3-6-10-19)26(21-13-15-22(28-2)16-14-21)25(18)20-11-7-4-8-12-20/h3-17H,1-2H3. The molecule has 1 heterocycles. The summed E-state index contributed by atoms with van der Waals surface area (Å²) in [6, 6.07) is 30.5. The first kappa shape index (κ1) is 18.3. The molecular formula is C25H21NOS. The summed E-state index contributed by atoms with van der Waals surface area (Å²) in [7, 11) is 0. The number of nitrogens with zero attached hydrogens (tertiary/aromatic N) is 1. The maximum atomic E-state index is 12.9. The second-order valence-corrected chi connectivity index (χ2v) is 7.51. The molecule has 3 aromatic carbocycles. The zero-order chi connectivity index (χ0) is 19.5. The van der Waals surface area contributed by atoms with Gasteiger partial charge in [-0.1, -0.05) is 60.7 Å². The van der Waals surface area contributed by atoms with Gasteiger partial charge in [0.1, 0.15) is 0 Å². The Morgan fingerprint density at radius 1 is 0.750 bits per heavy atom. The summed E-state index contributed by atoms with van der Waals surface area (Å²) in [4.78, 5) is 14.1. The highest BCUT2D eigenvalue weighted by Crippen LogP contribution is 2.32. The van der Waals surface area contributed by atoms with Crippen LogP contribution in [0.3, 0.4) is 0 Å². The van der Waals surface area contributed by atoms with Crippen molar-refractivity contribution in [1.29, 1.82) is 0 Å². The van der Waals surface area contributed by atoms with Crippen molar-refractivity contribution in [3.05, 3.63) is 107 Å². The Bertz CT molecular complexity index is 1150. The molecular weight excluding hydrogens is 362 g/mol. The number of hydrogen-bond donors (Lipinski definition) is 0. The predicted molar refractivity (Wildman–Crippen MR) is 119 cm³/mol. The van der Waals surface area contributed by atoms with Crippen molar-refractivity contribution in [1.82, 2.24) is 4.57 Å². The zero-order valence-corrected chi connectivity index (χ0v) is 16.7. The summed E-state index contributed by atoms with van der Waals surface area (Å²) >= 11 is 1.72. The van der Waals surface area contributed by atoms with Crippen molar-refractivity contribution in [2.45, 2.75) is 11.8 Å². The van der Waals surface area contributed by atoms with Crippen LogP contribution >= 0.6 is 11.8 Å². The van der Waals surface area contributed by atoms with Gasteiger partial charge < -0.3 is 4.57 Å². The summed E-state index contributed by atoms with van der Waals surface area (Å²) in [5, 5.41) is 0. The summed E-state index contributed by atoms with van der Waals surface area (Å²) < 4.78 is 2.20. The van der Waals surface area contributed by atoms with Crippen molar-refractivity contribution in [3.8, 4) is 28.2 Å². The second-order valence-electron chi connectivity index (χ2n) is 6.63. The number of benzene rings is 3. The fourth-order valence-electron chi connectivity index (χ4n) is 3.46. The maximum absolute atomic E-state index is 12.9. The highest BCUT2D eigenvalue weighted by atomic mass is 32.2. The molecule has 0 saturated carbocycles. The van der Waals surface area contributed by atoms with E-state index in [1.54, 1.807) is 17.8 Å². The summed E-state index contributed by atoms with van der Waals surface area (Å²) in [6.45, 7) is 1.91. The van der Waals surface area contributed by atoms with Crippen LogP contribution < -0.4 is 5.43 Å². The molecule has 2 nitrogen and oxygen atoms in total. The van der Waals surface area contributed by atoms with Crippen LogP contribution in [0.1, 0.15) is 5.56 Å². The van der Waals surface area contributed by atoms with Crippen LogP contribution in [0.15, 0.2) is 101 Å². The molecule has 0 radical (unpaired) electrons. The molecule has 0 bridgehead atoms. The van der Waals surface area contributed by atoms with E-state index in [1.165, 1.54) is 4.90 Å². The Morgan fingerprint density at radius 2 is 1.32 bits per heavy atom. The SMILES string of the molecule is CSc1ccc(-n2c(-c3ccccc3)cc(=O)c(C)c2-c2ccccc2)cc1. The zero-order valence-electron chi connectivity index (χ0n) is 15.9. The lowest BCUT2D eigenvalue weighted by molar-refractivity contribution is 1.03. The Labute approximate surface area is 169 Å². The summed E-state index contributed by atoms with van der Waals surface area (Å²) in [5.41, 5.74) is 5.72. The molecule has 4 aromatic rings. The molecule has 138 valence electrons. The molecule has 0 fully saturated rings. The maximum Gasteiger partial charge on any atom is 0.185 e. The molecule has 0 N–H and O–H groups in total. The van der Waals surface area contributed by atoms with Gasteiger partial charge in [-0.3, -0.25) is 4.79 Å². The molecule has 0 aliphatic heterocycles. The van der Waals surface area contributed by atoms with Crippen molar-refractivity contribution < 1.29 is 0 Å². The Kier molecular flexibility index (Phi) is 5.18. The molecule has 0 atom stereocenters. The molecule has 1 aromatic heterocycles. The van der Waals surface area contributed by atoms with Crippen LogP contribution in [0, 0.1) is 6.92 Å². The molecule has 28 heavy (non-hydrogen) atoms. The third kappa shape index (κ3) is 3.41. The lowest BCUT2D eigenvalue weighted by Gasteiger charge is -2.21. The van der Waals surface area contributed by atoms with Gasteiger partial charge in [0.2, 0.25) is 0 Å². The van der Waals surface area contributed by atoms with E-state index >= 15 is 0 Å². The highest BCUT2D eigenvalue weighted by Gasteiger charge is 2.17. The van der Waals surface area contributed by atoms with Crippen LogP contribution in [0.4, 0.5) is 0 Å². The minimum Gasteiger partial charge on any atom is -0.309 e. The van der Waals surface area contributed by atoms with Gasteiger partial charge in [-0.2, -0.15) is 0 Å². The lowest BCUT2D eigenvalue weighted by atomic mass is 10.0. The molecule has 0 aliphatic carbocycles. The highest BCUT2D eigenvalue weighted by molar-refractivity contribution is 7.98. The quantitative estimate of drug-likeness (QED) is 0.391. The van der Waals surface area contributed by atoms with Gasteiger partial charge in [0.15, 0.2) is 5.43 Å². The number of thioether (sulfide) groups is 1. The average Bonchev–Trinajstić information content (AvgIpc) is 2.76. The minimum atomic E-state index is 0.0506. The molecule has 4 rings (SSSR count). The van der Waals surface area contributed by atoms with E-state index in [1.807, 2.05) is 55.5 Å². The number of aromatic nitrogens is 1. The number of rotatable bonds is 4. The van der Waals surface area contributed by atoms with E-state index in [0.29, 0.717) is 0 Å². The van der Waals surface area contributed by atoms with Crippen LogP contribution in [0.25, 0.3) is 28.2 Å². The molecule has 0 saturated heterocycles. The molecule has 0 spiro atoms. The van der Waals surface area contributed by atoms with E-state index in [9.17, 15) is 4.79 Å². The van der Waals surface area contributed by atoms with Gasteiger partial charge >= 0.3 is 0 Å². The Balaban J connectivity index is 2.09. The molecule has 3 heteroatoms. The monoisotopic (exact) mass is 383 g/mol. The third-order valence-corrected chi connectivity index (χ3v) is 5.65. The average molecular weight is 384 g/mol. The van der Waals surface area contributed by atoms with Crippen molar-refractivity contribution in [2.24, 2.45) is 0 Å². The molecule has 0 unspecified atom stereocenters. The second kappa shape index (κ2) is 7.91. The van der Waals surface area contributed by atoms with Crippen LogP contribution in [0.5, 0.6) is 0 Å². The van der Waals surface area contributed by atoms with Crippen molar-refractivity contribution in [3.63, 3.8) is 0 Å². The Morgan fingerprint density at radius 3 is 1.89 bits per heavy atom. The van der Waals surface area contributed by atoms with E-state index in [4.69, 9.17) is 0 Å². The first-order valence-electron chi connectivity index (χ1n) is 9.21. The minimum absolute atomic E-state index is 0.0506. The van der Waals surface area contributed by atoms with E-state index < -0.39 is 0 Å². The van der Waals surface area contributed by atoms with Crippen LogP contribution in [0.2, 0.25) is 0 Å². The van der Waals surface area contributed by atoms with Crippen LogP contribution in [-0.4, -0.2) is 10.8 Å². The topological polar surface area (TPSA) is 22.0 Å². The third-order valence-electron chi connectivity index (χ3n) is 4.90. The van der Waals surface area contributed by atoms with Crippen molar-refractivity contribution >= 4 is 11.8 Å². The summed E-state index contributed by atoms with van der Waals surface area (Å²) in [5.74, 6) is 0. The van der Waals surface area contributed by atoms with Gasteiger partial charge in [-0.05, 0) is 48.6 Å². The van der Waals surface area contributed by atoms with Crippen molar-refractivity contribution in [2.75, 3.05) is 6.26 Å². The van der Waals surface area contributed by atoms with E-state index in [0.717, 1.165) is 33.8 Å². The lowest BCUT2D eigenvalue weighted by Crippen LogP contribution is -2.15. The summed E-state index contributed by atoms with van der Waals surface area (Å²) in [6.07, 6.45) is 2.07. The smallest absolute Gasteiger partial charge is 0.185 e. The van der Waals surface area contributed by atoms with Gasteiger partial charge in [0.25, 0.3) is 0 Å². The van der Waals surface area contributed by atoms with Gasteiger partial charge in [-0.25, -0.2) is 0 Å². The first-order valence-corrected chi connectivity index (χ1v) is 10.4. The molecule has 0 amide bonds. The Hall–Kier alpha value is -3.04. The number of hydrogen-bond acceptors (Lipinski definition) is 2. The molecule has 0 aliphatic rings. The van der Waals surface area contributed by atoms with Gasteiger partial charge in [0, 0.05) is 22.2 Å². The largest absolute Gasteiger partial charge is 0.309 e. The fourth-order valence-corrected chi connectivity index (χ4v) is 3.87. The van der Waals surface area contributed by atoms with Gasteiger partial charge in [-0.15, -0.1) is 11.8 Å². The first-order chi connectivity index (χ1) is 13.7. The number of pyridine rings is 1. The van der Waals surface area contributed by atoms with E-state index in [-0.39, 0.29) is 5.43 Å².